The number of carbonyl (C=O) groups excluding carboxylic acids is 3. The number of anilines is 1. The van der Waals surface area contributed by atoms with E-state index in [0.717, 1.165) is 16.9 Å². The van der Waals surface area contributed by atoms with Crippen LogP contribution in [-0.2, 0) is 18.9 Å². The smallest absolute Gasteiger partial charge is 0.416 e. The Labute approximate surface area is 299 Å². The minimum Gasteiger partial charge on any atom is -0.495 e. The van der Waals surface area contributed by atoms with Crippen LogP contribution in [0.4, 0.5) is 15.0 Å². The second-order valence-corrected chi connectivity index (χ2v) is 12.3. The van der Waals surface area contributed by atoms with E-state index in [0.29, 0.717) is 17.1 Å². The van der Waals surface area contributed by atoms with Crippen LogP contribution in [0.25, 0.3) is 28.0 Å². The summed E-state index contributed by atoms with van der Waals surface area (Å²) >= 11 is 0. The summed E-state index contributed by atoms with van der Waals surface area (Å²) in [6.07, 6.45) is 3.01. The topological polar surface area (TPSA) is 140 Å². The maximum absolute atomic E-state index is 15.6. The van der Waals surface area contributed by atoms with Crippen LogP contribution in [0, 0.1) is 5.95 Å². The molecule has 5 aromatic rings. The number of amides is 1. The highest BCUT2D eigenvalue weighted by Crippen LogP contribution is 2.29. The average Bonchev–Trinajstić information content (AvgIpc) is 3.56. The molecular weight excluding hydrogens is 675 g/mol. The van der Waals surface area contributed by atoms with Crippen LogP contribution in [0.5, 0.6) is 11.5 Å². The first-order chi connectivity index (χ1) is 24.9. The lowest BCUT2D eigenvalue weighted by atomic mass is 10.0. The van der Waals surface area contributed by atoms with Gasteiger partial charge in [-0.25, -0.2) is 24.4 Å². The van der Waals surface area contributed by atoms with Gasteiger partial charge in [-0.15, -0.1) is 0 Å². The van der Waals surface area contributed by atoms with Gasteiger partial charge in [-0.2, -0.15) is 4.39 Å². The minimum absolute atomic E-state index is 0.000594. The highest BCUT2D eigenvalue weighted by atomic mass is 19.1. The van der Waals surface area contributed by atoms with Gasteiger partial charge < -0.3 is 32.8 Å². The number of halogens is 1. The Morgan fingerprint density at radius 3 is 2.13 bits per heavy atom. The average molecular weight is 715 g/mol. The molecule has 0 saturated heterocycles. The molecule has 272 valence electrons. The molecule has 0 atom stereocenters. The minimum atomic E-state index is -0.816. The molecule has 0 N–H and O–H groups in total. The van der Waals surface area contributed by atoms with Gasteiger partial charge in [0.25, 0.3) is 0 Å². The van der Waals surface area contributed by atoms with Crippen LogP contribution in [0.3, 0.4) is 0 Å². The van der Waals surface area contributed by atoms with Crippen molar-refractivity contribution in [2.24, 2.45) is 0 Å². The first-order valence-corrected chi connectivity index (χ1v) is 16.2. The summed E-state index contributed by atoms with van der Waals surface area (Å²) in [5.74, 6) is -1.11. The van der Waals surface area contributed by atoms with Gasteiger partial charge in [-0.05, 0) is 68.8 Å². The highest BCUT2D eigenvalue weighted by Gasteiger charge is 2.25. The molecule has 14 heteroatoms. The number of hydrogen-bond acceptors (Lipinski definition) is 11. The lowest BCUT2D eigenvalue weighted by Crippen LogP contribution is -2.39. The number of methoxy groups -OCH3 is 3. The fourth-order valence-electron chi connectivity index (χ4n) is 5.11. The Hall–Kier alpha value is -6.02. The third kappa shape index (κ3) is 9.01. The number of pyridine rings is 2. The third-order valence-electron chi connectivity index (χ3n) is 7.63. The van der Waals surface area contributed by atoms with Gasteiger partial charge >= 0.3 is 18.0 Å². The predicted octanol–water partition coefficient (Wildman–Crippen LogP) is 6.62. The maximum atomic E-state index is 15.6. The molecule has 0 fully saturated rings. The summed E-state index contributed by atoms with van der Waals surface area (Å²) in [5.41, 5.74) is 2.42. The van der Waals surface area contributed by atoms with Crippen molar-refractivity contribution in [3.05, 3.63) is 96.2 Å². The molecule has 3 heterocycles. The SMILES string of the molecule is COC(=O)c1ccc(OCCOCCN(C(=O)OC(C)(C)C)c2ccc(-c3ccc(-c4cn5cc(OC)ccc5n4)cc3)c(F)n2)cc1C(=O)OC. The Kier molecular flexibility index (Phi) is 11.7. The summed E-state index contributed by atoms with van der Waals surface area (Å²) in [7, 11) is 4.01. The molecule has 0 bridgehead atoms. The van der Waals surface area contributed by atoms with Crippen LogP contribution >= 0.6 is 0 Å². The third-order valence-corrected chi connectivity index (χ3v) is 7.63. The first kappa shape index (κ1) is 37.2. The standard InChI is InChI=1S/C38H39FN4O9/c1-38(2,3)52-37(46)43(17-18-50-19-20-51-26-11-13-29(35(44)48-5)30(21-26)36(45)49-6)33-16-14-28(34(39)41-33)24-7-9-25(10-8-24)31-23-42-22-27(47-4)12-15-32(42)40-31/h7-16,21-23H,17-20H2,1-6H3. The summed E-state index contributed by atoms with van der Waals surface area (Å²) in [4.78, 5) is 47.3. The van der Waals surface area contributed by atoms with Gasteiger partial charge in [-0.3, -0.25) is 4.90 Å². The van der Waals surface area contributed by atoms with Crippen molar-refractivity contribution in [3.8, 4) is 33.9 Å². The fraction of sp³-hybridized carbons (Fsp3) is 0.289. The number of aromatic nitrogens is 3. The summed E-state index contributed by atoms with van der Waals surface area (Å²) < 4.78 is 49.1. The molecule has 0 radical (unpaired) electrons. The van der Waals surface area contributed by atoms with Crippen molar-refractivity contribution < 1.29 is 47.2 Å². The lowest BCUT2D eigenvalue weighted by molar-refractivity contribution is 0.0547. The number of hydrogen-bond donors (Lipinski definition) is 0. The Morgan fingerprint density at radius 2 is 1.46 bits per heavy atom. The number of carbonyl (C=O) groups is 3. The van der Waals surface area contributed by atoms with Gasteiger partial charge in [0.1, 0.15) is 35.2 Å². The molecule has 5 rings (SSSR count). The quantitative estimate of drug-likeness (QED) is 0.0563. The summed E-state index contributed by atoms with van der Waals surface area (Å²) in [5, 5.41) is 0. The number of nitrogens with zero attached hydrogens (tertiary/aromatic N) is 4. The second kappa shape index (κ2) is 16.3. The molecular formula is C38H39FN4O9. The van der Waals surface area contributed by atoms with Gasteiger partial charge in [-0.1, -0.05) is 24.3 Å². The number of benzene rings is 2. The van der Waals surface area contributed by atoms with Crippen molar-refractivity contribution in [1.82, 2.24) is 14.4 Å². The Bertz CT molecular complexity index is 2060. The van der Waals surface area contributed by atoms with E-state index < -0.39 is 29.6 Å². The zero-order valence-electron chi connectivity index (χ0n) is 29.7. The van der Waals surface area contributed by atoms with E-state index in [4.69, 9.17) is 28.4 Å². The maximum Gasteiger partial charge on any atom is 0.416 e. The molecule has 0 aliphatic heterocycles. The van der Waals surface area contributed by atoms with Crippen molar-refractivity contribution in [2.75, 3.05) is 52.6 Å². The first-order valence-electron chi connectivity index (χ1n) is 16.2. The monoisotopic (exact) mass is 714 g/mol. The van der Waals surface area contributed by atoms with E-state index in [-0.39, 0.29) is 48.9 Å². The van der Waals surface area contributed by atoms with E-state index in [9.17, 15) is 14.4 Å². The van der Waals surface area contributed by atoms with E-state index in [2.05, 4.69) is 9.97 Å². The van der Waals surface area contributed by atoms with Crippen LogP contribution in [0.1, 0.15) is 41.5 Å². The summed E-state index contributed by atoms with van der Waals surface area (Å²) in [6.45, 7) is 5.41. The van der Waals surface area contributed by atoms with Gasteiger partial charge in [0.2, 0.25) is 5.95 Å². The van der Waals surface area contributed by atoms with E-state index in [1.165, 1.54) is 37.3 Å². The fourth-order valence-corrected chi connectivity index (χ4v) is 5.11. The molecule has 1 amide bonds. The molecule has 0 spiro atoms. The zero-order chi connectivity index (χ0) is 37.4. The van der Waals surface area contributed by atoms with Crippen molar-refractivity contribution in [3.63, 3.8) is 0 Å². The van der Waals surface area contributed by atoms with E-state index in [1.807, 2.05) is 41.1 Å². The van der Waals surface area contributed by atoms with Crippen molar-refractivity contribution in [1.29, 1.82) is 0 Å². The molecule has 3 aromatic heterocycles. The number of fused-ring (bicyclic) bond motifs is 1. The van der Waals surface area contributed by atoms with Gasteiger partial charge in [0.05, 0.1) is 64.1 Å². The number of imidazole rings is 1. The lowest BCUT2D eigenvalue weighted by Gasteiger charge is -2.27. The highest BCUT2D eigenvalue weighted by molar-refractivity contribution is 6.03. The largest absolute Gasteiger partial charge is 0.495 e. The van der Waals surface area contributed by atoms with E-state index >= 15 is 4.39 Å². The molecule has 0 unspecified atom stereocenters. The van der Waals surface area contributed by atoms with Crippen molar-refractivity contribution >= 4 is 29.5 Å². The van der Waals surface area contributed by atoms with Gasteiger partial charge in [0.15, 0.2) is 0 Å². The molecule has 13 nitrogen and oxygen atoms in total. The van der Waals surface area contributed by atoms with Crippen molar-refractivity contribution in [2.45, 2.75) is 26.4 Å². The van der Waals surface area contributed by atoms with Gasteiger partial charge in [0, 0.05) is 17.3 Å². The number of ether oxygens (including phenoxy) is 6. The Morgan fingerprint density at radius 1 is 0.769 bits per heavy atom. The van der Waals surface area contributed by atoms with Crippen LogP contribution in [0.15, 0.2) is 79.1 Å². The summed E-state index contributed by atoms with van der Waals surface area (Å²) in [6, 6.07) is 18.4. The number of esters is 2. The van der Waals surface area contributed by atoms with Crippen LogP contribution in [0.2, 0.25) is 0 Å². The van der Waals surface area contributed by atoms with Crippen LogP contribution in [-0.4, -0.2) is 85.7 Å². The van der Waals surface area contributed by atoms with E-state index in [1.54, 1.807) is 52.1 Å². The zero-order valence-corrected chi connectivity index (χ0v) is 29.7. The second-order valence-electron chi connectivity index (χ2n) is 12.3. The Balaban J connectivity index is 1.23. The predicted molar refractivity (Wildman–Crippen MR) is 189 cm³/mol. The molecule has 2 aromatic carbocycles. The molecule has 0 saturated carbocycles. The molecule has 0 aliphatic carbocycles. The molecule has 0 aliphatic rings. The number of rotatable bonds is 13. The molecule has 52 heavy (non-hydrogen) atoms. The normalized spacial score (nSPS) is 11.2. The van der Waals surface area contributed by atoms with Crippen LogP contribution < -0.4 is 14.4 Å².